The Hall–Kier alpha value is -1.37. The number of rotatable bonds is 6. The van der Waals surface area contributed by atoms with E-state index in [0.29, 0.717) is 4.90 Å². The number of terminal acetylenes is 1. The number of ether oxygens (including phenoxy) is 2. The minimum Gasteiger partial charge on any atom is -0.496 e. The van der Waals surface area contributed by atoms with Crippen molar-refractivity contribution in [3.63, 3.8) is 0 Å². The van der Waals surface area contributed by atoms with Gasteiger partial charge >= 0.3 is 0 Å². The van der Waals surface area contributed by atoms with Crippen molar-refractivity contribution in [2.75, 3.05) is 20.5 Å². The lowest BCUT2D eigenvalue weighted by molar-refractivity contribution is 0.411. The summed E-state index contributed by atoms with van der Waals surface area (Å²) < 4.78 is 35.4. The molecule has 0 bridgehead atoms. The predicted octanol–water partition coefficient (Wildman–Crippen LogP) is 13.3. The van der Waals surface area contributed by atoms with Gasteiger partial charge in [0.1, 0.15) is 11.5 Å². The van der Waals surface area contributed by atoms with E-state index in [1.54, 1.807) is 50.2 Å². The first kappa shape index (κ1) is 58.3. The van der Waals surface area contributed by atoms with E-state index in [2.05, 4.69) is 143 Å². The van der Waals surface area contributed by atoms with Gasteiger partial charge in [0.2, 0.25) is 8.87 Å². The van der Waals surface area contributed by atoms with Crippen LogP contribution >= 0.6 is 72.4 Å². The monoisotopic (exact) mass is 1020 g/mol. The molecule has 0 heterocycles. The van der Waals surface area contributed by atoms with Crippen LogP contribution < -0.4 is 9.47 Å². The Balaban J connectivity index is -0.000000321. The van der Waals surface area contributed by atoms with Crippen LogP contribution in [0.15, 0.2) is 80.2 Å². The summed E-state index contributed by atoms with van der Waals surface area (Å²) in [5.41, 5.74) is 9.24. The number of thioether (sulfide) groups is 1. The molecule has 12 heteroatoms. The van der Waals surface area contributed by atoms with Crippen LogP contribution in [0.2, 0.25) is 0 Å². The smallest absolute Gasteiger partial charge is 0.234 e. The Morgan fingerprint density at radius 3 is 1.36 bits per heavy atom. The normalized spacial score (nSPS) is 9.13. The number of methoxy groups -OCH3 is 2. The maximum Gasteiger partial charge on any atom is 0.234 e. The molecule has 4 aromatic rings. The molecule has 0 aliphatic heterocycles. The van der Waals surface area contributed by atoms with E-state index < -0.39 is 8.87 Å². The van der Waals surface area contributed by atoms with Crippen LogP contribution in [0, 0.1) is 68.2 Å². The second kappa shape index (κ2) is 33.9. The van der Waals surface area contributed by atoms with E-state index in [9.17, 15) is 8.42 Å². The third-order valence-electron chi connectivity index (χ3n) is 6.93. The van der Waals surface area contributed by atoms with Gasteiger partial charge in [-0.15, -0.1) is 37.2 Å². The van der Waals surface area contributed by atoms with Gasteiger partial charge in [-0.25, -0.2) is 8.42 Å². The van der Waals surface area contributed by atoms with Crippen molar-refractivity contribution < 1.29 is 17.9 Å². The second-order valence-corrected chi connectivity index (χ2v) is 15.6. The van der Waals surface area contributed by atoms with Crippen molar-refractivity contribution >= 4 is 96.8 Å². The second-order valence-electron chi connectivity index (χ2n) is 10.5. The fourth-order valence-electron chi connectivity index (χ4n) is 4.09. The van der Waals surface area contributed by atoms with E-state index in [0.717, 1.165) is 48.8 Å². The molecule has 4 rings (SSSR count). The van der Waals surface area contributed by atoms with Crippen molar-refractivity contribution in [1.82, 2.24) is 0 Å². The van der Waals surface area contributed by atoms with E-state index in [4.69, 9.17) is 9.47 Å². The number of halogens is 2. The molecule has 4 radical (unpaired) electrons. The SMILES string of the molecule is C#C.CC.CC.COc1cc(C)c(SC)cc1C.COc1cc(C)c(SS(=O)(=O)c2ccc(C)cc2)cc1C.Cc1cc(C)c(S)cc1C.II.[B][B]. The third kappa shape index (κ3) is 22.1. The lowest BCUT2D eigenvalue weighted by Crippen LogP contribution is -1.97. The fraction of sp³-hybridized carbons (Fsp3) is 0.366. The summed E-state index contributed by atoms with van der Waals surface area (Å²) in [5, 5.41) is 0. The highest BCUT2D eigenvalue weighted by Gasteiger charge is 2.18. The van der Waals surface area contributed by atoms with Crippen molar-refractivity contribution in [2.24, 2.45) is 0 Å². The zero-order valence-electron chi connectivity index (χ0n) is 34.1. The molecule has 0 fully saturated rings. The molecule has 0 saturated heterocycles. The minimum atomic E-state index is -3.41. The lowest BCUT2D eigenvalue weighted by atomic mass is 9.81. The van der Waals surface area contributed by atoms with Gasteiger partial charge in [-0.1, -0.05) is 51.5 Å². The van der Waals surface area contributed by atoms with Crippen LogP contribution in [0.1, 0.15) is 72.2 Å². The predicted molar refractivity (Wildman–Crippen MR) is 261 cm³/mol. The van der Waals surface area contributed by atoms with E-state index in [1.165, 1.54) is 32.7 Å². The number of aryl methyl sites for hydroxylation is 8. The van der Waals surface area contributed by atoms with Crippen LogP contribution in [0.3, 0.4) is 0 Å². The van der Waals surface area contributed by atoms with Gasteiger partial charge in [0, 0.05) is 78.2 Å². The van der Waals surface area contributed by atoms with Crippen molar-refractivity contribution in [3.05, 3.63) is 105 Å². The number of benzene rings is 4. The summed E-state index contributed by atoms with van der Waals surface area (Å²) in [6.45, 7) is 24.2. The van der Waals surface area contributed by atoms with Gasteiger partial charge < -0.3 is 9.47 Å². The Bertz CT molecular complexity index is 1640. The van der Waals surface area contributed by atoms with Gasteiger partial charge in [-0.2, -0.15) is 0 Å². The molecule has 0 aliphatic rings. The molecule has 290 valence electrons. The molecule has 0 aliphatic carbocycles. The van der Waals surface area contributed by atoms with Crippen LogP contribution in [0.25, 0.3) is 0 Å². The topological polar surface area (TPSA) is 52.6 Å². The lowest BCUT2D eigenvalue weighted by Gasteiger charge is -2.11. The zero-order valence-corrected chi connectivity index (χ0v) is 41.8. The summed E-state index contributed by atoms with van der Waals surface area (Å²) in [6, 6.07) is 19.1. The van der Waals surface area contributed by atoms with Crippen LogP contribution in [-0.4, -0.2) is 44.4 Å². The van der Waals surface area contributed by atoms with Gasteiger partial charge in [0.05, 0.1) is 19.1 Å². The quantitative estimate of drug-likeness (QED) is 0.0519. The molecular weight excluding hydrogens is 960 g/mol. The summed E-state index contributed by atoms with van der Waals surface area (Å²) in [5.74, 6) is 1.75. The van der Waals surface area contributed by atoms with Crippen molar-refractivity contribution in [3.8, 4) is 24.3 Å². The van der Waals surface area contributed by atoms with E-state index in [-0.39, 0.29) is 0 Å². The van der Waals surface area contributed by atoms with Crippen LogP contribution in [0.5, 0.6) is 11.5 Å². The average molecular weight is 1020 g/mol. The van der Waals surface area contributed by atoms with Gasteiger partial charge in [0.25, 0.3) is 0 Å². The molecule has 53 heavy (non-hydrogen) atoms. The number of hydrogen-bond donors (Lipinski definition) is 1. The van der Waals surface area contributed by atoms with Crippen molar-refractivity contribution in [2.45, 2.75) is 103 Å². The molecule has 0 unspecified atom stereocenters. The number of hydrogen-bond acceptors (Lipinski definition) is 7. The molecule has 0 amide bonds. The van der Waals surface area contributed by atoms with Crippen LogP contribution in [-0.2, 0) is 8.87 Å². The first-order valence-electron chi connectivity index (χ1n) is 16.6. The largest absolute Gasteiger partial charge is 0.496 e. The Morgan fingerprint density at radius 1 is 0.604 bits per heavy atom. The van der Waals surface area contributed by atoms with E-state index >= 15 is 0 Å². The highest BCUT2D eigenvalue weighted by molar-refractivity contribution is 15.0. The van der Waals surface area contributed by atoms with Gasteiger partial charge in [-0.05, 0) is 143 Å². The molecule has 0 spiro atoms. The molecule has 4 nitrogen and oxygen atoms in total. The highest BCUT2D eigenvalue weighted by Crippen LogP contribution is 2.36. The summed E-state index contributed by atoms with van der Waals surface area (Å²) >= 11 is 10.3. The van der Waals surface area contributed by atoms with E-state index in [1.807, 2.05) is 60.6 Å². The molecule has 4 aromatic carbocycles. The Kier molecular flexibility index (Phi) is 37.3. The standard InChI is InChI=1S/C16H18O3S2.C10H14OS.C9H12S.2C2H6.C2H2.B2.I2/c1-11-5-7-14(8-6-11)21(17,18)20-16-10-12(2)15(19-4)9-13(16)3;1-7-6-10(12-4)8(2)5-9(7)11-3;1-6-4-8(3)9(10)5-7(6)2;5*1-2/h5-10H,1-4H3;5-6H,1-4H3;4-5,10H,1-3H3;2*1-2H3;1-2H;;. The summed E-state index contributed by atoms with van der Waals surface area (Å²) in [6.07, 6.45) is 10.1. The number of thiol groups is 1. The minimum absolute atomic E-state index is 0.325. The fourth-order valence-corrected chi connectivity index (χ4v) is 8.11. The molecular formula is C41H58B2I2O4S4. The maximum atomic E-state index is 12.5. The third-order valence-corrected chi connectivity index (χ3v) is 11.8. The highest BCUT2D eigenvalue weighted by atomic mass is 128. The van der Waals surface area contributed by atoms with Gasteiger partial charge in [0.15, 0.2) is 0 Å². The summed E-state index contributed by atoms with van der Waals surface area (Å²) in [4.78, 5) is 3.47. The average Bonchev–Trinajstić information content (AvgIpc) is 3.17. The molecule has 0 aromatic heterocycles. The molecule has 0 N–H and O–H groups in total. The van der Waals surface area contributed by atoms with Crippen molar-refractivity contribution in [1.29, 1.82) is 0 Å². The first-order chi connectivity index (χ1) is 25.1. The molecule has 0 saturated carbocycles. The Labute approximate surface area is 363 Å². The Morgan fingerprint density at radius 2 is 0.981 bits per heavy atom. The summed E-state index contributed by atoms with van der Waals surface area (Å²) in [7, 11) is 8.79. The van der Waals surface area contributed by atoms with Gasteiger partial charge in [-0.3, -0.25) is 0 Å². The maximum absolute atomic E-state index is 12.5. The van der Waals surface area contributed by atoms with Crippen LogP contribution in [0.4, 0.5) is 0 Å². The first-order valence-corrected chi connectivity index (χ1v) is 27.3. The molecule has 0 atom stereocenters. The zero-order chi connectivity index (χ0) is 42.5.